The molecule has 0 heterocycles. The normalized spacial score (nSPS) is 10.7. The second-order valence-corrected chi connectivity index (χ2v) is 5.59. The minimum atomic E-state index is -0.0256. The Morgan fingerprint density at radius 2 is 2.20 bits per heavy atom. The molecule has 0 aromatic rings. The van der Waals surface area contributed by atoms with Crippen molar-refractivity contribution in [1.29, 1.82) is 0 Å². The summed E-state index contributed by atoms with van der Waals surface area (Å²) in [6.45, 7) is 4.52. The molecule has 0 aliphatic rings. The summed E-state index contributed by atoms with van der Waals surface area (Å²) >= 11 is 0.272. The van der Waals surface area contributed by atoms with Gasteiger partial charge in [0.1, 0.15) is 0 Å². The third kappa shape index (κ3) is 7.39. The van der Waals surface area contributed by atoms with Gasteiger partial charge in [-0.1, -0.05) is 0 Å². The Kier molecular flexibility index (Phi) is 9.62. The Hall–Kier alpha value is -0.551. The molecule has 0 radical (unpaired) electrons. The summed E-state index contributed by atoms with van der Waals surface area (Å²) in [5.74, 6) is 5.28. The van der Waals surface area contributed by atoms with Crippen LogP contribution in [-0.4, -0.2) is 34.5 Å². The number of carbonyl (C=O) groups is 1. The van der Waals surface area contributed by atoms with Gasteiger partial charge in [-0.05, 0) is 0 Å². The van der Waals surface area contributed by atoms with Gasteiger partial charge < -0.3 is 0 Å². The number of rotatable bonds is 6. The zero-order valence-electron chi connectivity index (χ0n) is 9.63. The van der Waals surface area contributed by atoms with E-state index in [0.29, 0.717) is 6.61 Å². The molecular weight excluding hydrogens is 255 g/mol. The summed E-state index contributed by atoms with van der Waals surface area (Å²) in [6.07, 6.45) is 4.07. The summed E-state index contributed by atoms with van der Waals surface area (Å²) < 4.78 is 5.69. The van der Waals surface area contributed by atoms with E-state index < -0.39 is 0 Å². The van der Waals surface area contributed by atoms with E-state index in [4.69, 9.17) is 4.74 Å². The molecule has 0 amide bonds. The number of Topliss-reactive ketones (excluding diaryl/α,β-unsaturated/α-hetero) is 1. The van der Waals surface area contributed by atoms with Crippen molar-refractivity contribution < 1.29 is 9.53 Å². The Bertz CT molecular complexity index is 271. The number of unbranched alkanes of at least 4 members (excludes halogenated alkanes) is 1. The molecular formula is C12H18O2Se. The molecule has 0 rings (SSSR count). The summed E-state index contributed by atoms with van der Waals surface area (Å²) in [4.78, 5) is 11.6. The van der Waals surface area contributed by atoms with Crippen LogP contribution in [0.4, 0.5) is 0 Å². The van der Waals surface area contributed by atoms with Crippen molar-refractivity contribution in [2.24, 2.45) is 0 Å². The first-order valence-corrected chi connectivity index (χ1v) is 7.18. The molecule has 0 fully saturated rings. The molecule has 0 bridgehead atoms. The second kappa shape index (κ2) is 9.98. The average Bonchev–Trinajstić information content (AvgIpc) is 2.24. The van der Waals surface area contributed by atoms with Gasteiger partial charge in [0, 0.05) is 0 Å². The Morgan fingerprint density at radius 1 is 1.47 bits per heavy atom. The van der Waals surface area contributed by atoms with E-state index >= 15 is 0 Å². The van der Waals surface area contributed by atoms with Gasteiger partial charge in [-0.3, -0.25) is 0 Å². The standard InChI is InChI=1S/C12H18O2Se/c1-4-6-9-12(15-5-2)11(13)8-7-10-14-3/h9H,4-6,10H2,1-3H3/b12-9-. The maximum absolute atomic E-state index is 11.6. The predicted molar refractivity (Wildman–Crippen MR) is 63.9 cm³/mol. The zero-order chi connectivity index (χ0) is 11.5. The van der Waals surface area contributed by atoms with Crippen molar-refractivity contribution in [3.05, 3.63) is 10.5 Å². The molecule has 0 aliphatic heterocycles. The first-order valence-electron chi connectivity index (χ1n) is 5.11. The van der Waals surface area contributed by atoms with Crippen LogP contribution in [0, 0.1) is 11.8 Å². The minimum absolute atomic E-state index is 0.0256. The molecule has 3 heteroatoms. The Labute approximate surface area is 98.6 Å². The molecule has 0 spiro atoms. The van der Waals surface area contributed by atoms with Gasteiger partial charge in [-0.25, -0.2) is 0 Å². The fourth-order valence-corrected chi connectivity index (χ4v) is 2.43. The van der Waals surface area contributed by atoms with Gasteiger partial charge in [-0.15, -0.1) is 0 Å². The van der Waals surface area contributed by atoms with E-state index in [0.717, 1.165) is 22.6 Å². The van der Waals surface area contributed by atoms with Crippen LogP contribution in [0.3, 0.4) is 0 Å². The predicted octanol–water partition coefficient (Wildman–Crippen LogP) is 2.03. The van der Waals surface area contributed by atoms with E-state index in [2.05, 4.69) is 25.7 Å². The van der Waals surface area contributed by atoms with Gasteiger partial charge in [0.15, 0.2) is 0 Å². The molecule has 0 saturated heterocycles. The molecule has 0 N–H and O–H groups in total. The van der Waals surface area contributed by atoms with Crippen molar-refractivity contribution >= 4 is 20.7 Å². The topological polar surface area (TPSA) is 26.3 Å². The fourth-order valence-electron chi connectivity index (χ4n) is 0.898. The van der Waals surface area contributed by atoms with Crippen LogP contribution in [0.2, 0.25) is 5.32 Å². The van der Waals surface area contributed by atoms with Gasteiger partial charge >= 0.3 is 98.4 Å². The van der Waals surface area contributed by atoms with E-state index in [1.165, 1.54) is 0 Å². The summed E-state index contributed by atoms with van der Waals surface area (Å²) in [5.41, 5.74) is 0. The second-order valence-electron chi connectivity index (χ2n) is 2.85. The van der Waals surface area contributed by atoms with Crippen LogP contribution >= 0.6 is 0 Å². The number of methoxy groups -OCH3 is 1. The van der Waals surface area contributed by atoms with E-state index in [-0.39, 0.29) is 20.7 Å². The van der Waals surface area contributed by atoms with E-state index in [1.54, 1.807) is 7.11 Å². The van der Waals surface area contributed by atoms with Crippen molar-refractivity contribution in [2.45, 2.75) is 32.0 Å². The van der Waals surface area contributed by atoms with E-state index in [9.17, 15) is 4.79 Å². The number of ketones is 1. The Balaban J connectivity index is 4.36. The SMILES string of the molecule is CCC/C=C(\[Se]CC)C(=O)C#CCOC. The molecule has 0 unspecified atom stereocenters. The van der Waals surface area contributed by atoms with Gasteiger partial charge in [-0.2, -0.15) is 0 Å². The quantitative estimate of drug-likeness (QED) is 0.320. The van der Waals surface area contributed by atoms with Gasteiger partial charge in [0.25, 0.3) is 0 Å². The monoisotopic (exact) mass is 274 g/mol. The third-order valence-corrected chi connectivity index (χ3v) is 3.56. The molecule has 0 aliphatic carbocycles. The zero-order valence-corrected chi connectivity index (χ0v) is 11.3. The molecule has 2 nitrogen and oxygen atoms in total. The number of ether oxygens (including phenoxy) is 1. The molecule has 84 valence electrons. The van der Waals surface area contributed by atoms with Crippen molar-refractivity contribution in [3.63, 3.8) is 0 Å². The number of allylic oxidation sites excluding steroid dienone is 2. The van der Waals surface area contributed by atoms with Crippen LogP contribution in [0.5, 0.6) is 0 Å². The van der Waals surface area contributed by atoms with Crippen LogP contribution < -0.4 is 0 Å². The molecule has 0 aromatic carbocycles. The van der Waals surface area contributed by atoms with Crippen LogP contribution in [0.15, 0.2) is 10.5 Å². The molecule has 0 aromatic heterocycles. The van der Waals surface area contributed by atoms with E-state index in [1.807, 2.05) is 6.08 Å². The van der Waals surface area contributed by atoms with Crippen LogP contribution in [0.1, 0.15) is 26.7 Å². The maximum atomic E-state index is 11.6. The van der Waals surface area contributed by atoms with Crippen molar-refractivity contribution in [2.75, 3.05) is 13.7 Å². The van der Waals surface area contributed by atoms with Crippen LogP contribution in [-0.2, 0) is 9.53 Å². The number of carbonyl (C=O) groups excluding carboxylic acids is 1. The molecule has 0 saturated carbocycles. The summed E-state index contributed by atoms with van der Waals surface area (Å²) in [7, 11) is 1.57. The first kappa shape index (κ1) is 14.4. The fraction of sp³-hybridized carbons (Fsp3) is 0.583. The van der Waals surface area contributed by atoms with Crippen molar-refractivity contribution in [1.82, 2.24) is 0 Å². The van der Waals surface area contributed by atoms with Crippen molar-refractivity contribution in [3.8, 4) is 11.8 Å². The van der Waals surface area contributed by atoms with Crippen LogP contribution in [0.25, 0.3) is 0 Å². The van der Waals surface area contributed by atoms with Gasteiger partial charge in [0.05, 0.1) is 0 Å². The molecule has 15 heavy (non-hydrogen) atoms. The molecule has 0 atom stereocenters. The average molecular weight is 273 g/mol. The van der Waals surface area contributed by atoms with Gasteiger partial charge in [0.2, 0.25) is 0 Å². The first-order chi connectivity index (χ1) is 7.26. The number of hydrogen-bond donors (Lipinski definition) is 0. The summed E-state index contributed by atoms with van der Waals surface area (Å²) in [5, 5.41) is 1.04. The summed E-state index contributed by atoms with van der Waals surface area (Å²) in [6, 6.07) is 0. The number of hydrogen-bond acceptors (Lipinski definition) is 2. The Morgan fingerprint density at radius 3 is 2.73 bits per heavy atom. The third-order valence-electron chi connectivity index (χ3n) is 1.56.